The molecule has 1 aliphatic carbocycles. The zero-order valence-corrected chi connectivity index (χ0v) is 16.6. The molecule has 5 rings (SSSR count). The average Bonchev–Trinajstić information content (AvgIpc) is 3.38. The van der Waals surface area contributed by atoms with Gasteiger partial charge in [-0.2, -0.15) is 0 Å². The molecule has 0 fully saturated rings. The molecule has 3 heterocycles. The largest absolute Gasteiger partial charge is 0.465 e. The molecule has 146 valence electrons. The van der Waals surface area contributed by atoms with Crippen molar-refractivity contribution < 1.29 is 13.9 Å². The van der Waals surface area contributed by atoms with Crippen molar-refractivity contribution in [2.45, 2.75) is 25.7 Å². The number of nitrogens with one attached hydrogen (secondary N) is 1. The number of fused-ring (bicyclic) bond motifs is 3. The summed E-state index contributed by atoms with van der Waals surface area (Å²) < 4.78 is 10.8. The second-order valence-electron chi connectivity index (χ2n) is 7.01. The van der Waals surface area contributed by atoms with Crippen LogP contribution in [0.5, 0.6) is 0 Å². The molecule has 4 aromatic rings. The summed E-state index contributed by atoms with van der Waals surface area (Å²) >= 11 is 1.60. The number of hydrogen-bond acceptors (Lipinski definition) is 6. The first-order chi connectivity index (χ1) is 14.2. The van der Waals surface area contributed by atoms with Crippen LogP contribution in [-0.4, -0.2) is 23.0 Å². The number of rotatable bonds is 3. The summed E-state index contributed by atoms with van der Waals surface area (Å²) in [6.07, 6.45) is 4.22. The lowest BCUT2D eigenvalue weighted by atomic mass is 9.97. The van der Waals surface area contributed by atoms with Crippen LogP contribution >= 0.6 is 11.3 Å². The van der Waals surface area contributed by atoms with Gasteiger partial charge in [0.25, 0.3) is 5.56 Å². The van der Waals surface area contributed by atoms with E-state index >= 15 is 0 Å². The van der Waals surface area contributed by atoms with Crippen molar-refractivity contribution in [2.75, 3.05) is 7.11 Å². The first-order valence-corrected chi connectivity index (χ1v) is 10.3. The van der Waals surface area contributed by atoms with Crippen LogP contribution in [0.3, 0.4) is 0 Å². The quantitative estimate of drug-likeness (QED) is 0.504. The number of hydrogen-bond donors (Lipinski definition) is 1. The van der Waals surface area contributed by atoms with E-state index in [0.29, 0.717) is 28.5 Å². The number of thiophene rings is 1. The Morgan fingerprint density at radius 1 is 1.14 bits per heavy atom. The zero-order chi connectivity index (χ0) is 20.0. The van der Waals surface area contributed by atoms with Crippen molar-refractivity contribution in [3.05, 3.63) is 62.8 Å². The van der Waals surface area contributed by atoms with E-state index in [1.54, 1.807) is 41.7 Å². The number of aromatic amines is 1. The normalized spacial score (nSPS) is 13.4. The van der Waals surface area contributed by atoms with Gasteiger partial charge in [-0.25, -0.2) is 9.78 Å². The maximum atomic E-state index is 12.8. The Hall–Kier alpha value is -3.19. The molecule has 3 aromatic heterocycles. The number of carbonyl (C=O) groups is 1. The molecule has 1 N–H and O–H groups in total. The van der Waals surface area contributed by atoms with Gasteiger partial charge in [-0.05, 0) is 49.4 Å². The third-order valence-electron chi connectivity index (χ3n) is 5.26. The molecule has 0 spiro atoms. The Morgan fingerprint density at radius 2 is 1.93 bits per heavy atom. The molecule has 0 aliphatic heterocycles. The highest BCUT2D eigenvalue weighted by molar-refractivity contribution is 7.18. The van der Waals surface area contributed by atoms with Crippen LogP contribution in [0.1, 0.15) is 33.6 Å². The number of esters is 1. The topological polar surface area (TPSA) is 85.2 Å². The predicted octanol–water partition coefficient (Wildman–Crippen LogP) is 4.58. The maximum absolute atomic E-state index is 12.8. The van der Waals surface area contributed by atoms with Gasteiger partial charge in [0.15, 0.2) is 11.6 Å². The van der Waals surface area contributed by atoms with Crippen LogP contribution in [-0.2, 0) is 17.6 Å². The predicted molar refractivity (Wildman–Crippen MR) is 111 cm³/mol. The lowest BCUT2D eigenvalue weighted by Crippen LogP contribution is -2.11. The molecule has 0 atom stereocenters. The van der Waals surface area contributed by atoms with E-state index in [-0.39, 0.29) is 5.56 Å². The minimum atomic E-state index is -0.435. The maximum Gasteiger partial charge on any atom is 0.338 e. The summed E-state index contributed by atoms with van der Waals surface area (Å²) in [5, 5.41) is 0.719. The number of methoxy groups -OCH3 is 1. The average molecular weight is 406 g/mol. The van der Waals surface area contributed by atoms with Gasteiger partial charge < -0.3 is 14.1 Å². The summed E-state index contributed by atoms with van der Waals surface area (Å²) in [5.74, 6) is 0.915. The molecule has 0 radical (unpaired) electrons. The van der Waals surface area contributed by atoms with Crippen LogP contribution < -0.4 is 5.56 Å². The molecule has 1 aromatic carbocycles. The summed E-state index contributed by atoms with van der Waals surface area (Å²) in [6.45, 7) is 0. The Bertz CT molecular complexity index is 1300. The summed E-state index contributed by atoms with van der Waals surface area (Å²) in [6, 6.07) is 10.6. The Kier molecular flexibility index (Phi) is 4.32. The Balaban J connectivity index is 1.59. The SMILES string of the molecule is COC(=O)c1ccccc1-c1ccc(-c2nc3sc4c(c3c(=O)[nH]2)CCCC4)o1. The van der Waals surface area contributed by atoms with E-state index < -0.39 is 5.97 Å². The standard InChI is InChI=1S/C22H18N2O4S/c1-27-22(26)13-7-3-2-6-12(13)15-10-11-16(28-15)19-23-20(25)18-14-8-4-5-9-17(14)29-21(18)24-19/h2-3,6-7,10-11H,4-5,8-9H2,1H3,(H,23,24,25). The fraction of sp³-hybridized carbons (Fsp3) is 0.227. The zero-order valence-electron chi connectivity index (χ0n) is 15.8. The van der Waals surface area contributed by atoms with Crippen LogP contribution in [0, 0.1) is 0 Å². The second-order valence-corrected chi connectivity index (χ2v) is 8.09. The van der Waals surface area contributed by atoms with Crippen LogP contribution in [0.25, 0.3) is 33.1 Å². The third kappa shape index (κ3) is 2.98. The van der Waals surface area contributed by atoms with Crippen LogP contribution in [0.2, 0.25) is 0 Å². The van der Waals surface area contributed by atoms with Gasteiger partial charge in [0.05, 0.1) is 18.1 Å². The van der Waals surface area contributed by atoms with Crippen molar-refractivity contribution >= 4 is 27.5 Å². The fourth-order valence-electron chi connectivity index (χ4n) is 3.88. The van der Waals surface area contributed by atoms with Crippen molar-refractivity contribution in [3.63, 3.8) is 0 Å². The fourth-order valence-corrected chi connectivity index (χ4v) is 5.14. The molecule has 1 aliphatic rings. The molecule has 0 amide bonds. The highest BCUT2D eigenvalue weighted by Gasteiger charge is 2.21. The molecular formula is C22H18N2O4S. The summed E-state index contributed by atoms with van der Waals surface area (Å²) in [7, 11) is 1.34. The first kappa shape index (κ1) is 17.9. The highest BCUT2D eigenvalue weighted by Crippen LogP contribution is 2.35. The molecule has 6 nitrogen and oxygen atoms in total. The number of H-pyrrole nitrogens is 1. The molecule has 0 unspecified atom stereocenters. The molecule has 0 saturated carbocycles. The third-order valence-corrected chi connectivity index (χ3v) is 6.45. The van der Waals surface area contributed by atoms with E-state index in [9.17, 15) is 9.59 Å². The second kappa shape index (κ2) is 7.00. The van der Waals surface area contributed by atoms with Gasteiger partial charge in [-0.3, -0.25) is 4.79 Å². The van der Waals surface area contributed by atoms with Gasteiger partial charge in [0, 0.05) is 10.4 Å². The number of aryl methyl sites for hydroxylation is 2. The molecule has 0 bridgehead atoms. The Morgan fingerprint density at radius 3 is 2.79 bits per heavy atom. The van der Waals surface area contributed by atoms with Crippen LogP contribution in [0.15, 0.2) is 45.6 Å². The van der Waals surface area contributed by atoms with Crippen molar-refractivity contribution in [1.29, 1.82) is 0 Å². The molecule has 0 saturated heterocycles. The monoisotopic (exact) mass is 406 g/mol. The number of carbonyl (C=O) groups excluding carboxylic acids is 1. The van der Waals surface area contributed by atoms with E-state index in [1.165, 1.54) is 12.0 Å². The number of ether oxygens (including phenoxy) is 1. The number of benzene rings is 1. The van der Waals surface area contributed by atoms with E-state index in [1.807, 2.05) is 6.07 Å². The molecular weight excluding hydrogens is 388 g/mol. The summed E-state index contributed by atoms with van der Waals surface area (Å²) in [5.41, 5.74) is 2.07. The van der Waals surface area contributed by atoms with Crippen molar-refractivity contribution in [3.8, 4) is 22.9 Å². The number of aromatic nitrogens is 2. The minimum absolute atomic E-state index is 0.127. The van der Waals surface area contributed by atoms with Gasteiger partial charge in [0.2, 0.25) is 0 Å². The van der Waals surface area contributed by atoms with Gasteiger partial charge in [-0.1, -0.05) is 18.2 Å². The lowest BCUT2D eigenvalue weighted by molar-refractivity contribution is 0.0601. The molecule has 29 heavy (non-hydrogen) atoms. The lowest BCUT2D eigenvalue weighted by Gasteiger charge is -2.09. The van der Waals surface area contributed by atoms with Gasteiger partial charge in [0.1, 0.15) is 10.6 Å². The van der Waals surface area contributed by atoms with Gasteiger partial charge >= 0.3 is 5.97 Å². The first-order valence-electron chi connectivity index (χ1n) is 9.48. The van der Waals surface area contributed by atoms with Crippen LogP contribution in [0.4, 0.5) is 0 Å². The molecule has 7 heteroatoms. The van der Waals surface area contributed by atoms with E-state index in [2.05, 4.69) is 9.97 Å². The van der Waals surface area contributed by atoms with Crippen molar-refractivity contribution in [1.82, 2.24) is 9.97 Å². The van der Waals surface area contributed by atoms with E-state index in [4.69, 9.17) is 9.15 Å². The van der Waals surface area contributed by atoms with Gasteiger partial charge in [-0.15, -0.1) is 11.3 Å². The highest BCUT2D eigenvalue weighted by atomic mass is 32.1. The Labute approximate surface area is 170 Å². The number of nitrogens with zero attached hydrogens (tertiary/aromatic N) is 1. The van der Waals surface area contributed by atoms with Crippen molar-refractivity contribution in [2.24, 2.45) is 0 Å². The van der Waals surface area contributed by atoms with E-state index in [0.717, 1.165) is 41.5 Å². The summed E-state index contributed by atoms with van der Waals surface area (Å²) in [4.78, 5) is 34.4. The minimum Gasteiger partial charge on any atom is -0.465 e. The smallest absolute Gasteiger partial charge is 0.338 e. The number of furan rings is 1.